The number of rotatable bonds is 8. The quantitative estimate of drug-likeness (QED) is 0.190. The number of anilines is 1. The number of fused-ring (bicyclic) bond motifs is 1. The number of carbonyl (C=O) groups excluding carboxylic acids is 2. The maximum Gasteiger partial charge on any atom is 0.416 e. The van der Waals surface area contributed by atoms with Crippen LogP contribution in [-0.2, 0) is 15.7 Å². The Labute approximate surface area is 293 Å². The Kier molecular flexibility index (Phi) is 10.8. The van der Waals surface area contributed by atoms with E-state index in [0.29, 0.717) is 92.0 Å². The van der Waals surface area contributed by atoms with Crippen molar-refractivity contribution in [2.45, 2.75) is 84.2 Å². The Morgan fingerprint density at radius 2 is 1.61 bits per heavy atom. The van der Waals surface area contributed by atoms with Crippen LogP contribution in [0.5, 0.6) is 11.5 Å². The lowest BCUT2D eigenvalue weighted by Crippen LogP contribution is -2.48. The van der Waals surface area contributed by atoms with Gasteiger partial charge in [-0.25, -0.2) is 14.8 Å². The number of methoxy groups -OCH3 is 1. The first kappa shape index (κ1) is 37.4. The van der Waals surface area contributed by atoms with Gasteiger partial charge in [-0.3, -0.25) is 14.9 Å². The van der Waals surface area contributed by atoms with Gasteiger partial charge in [-0.1, -0.05) is 0 Å². The number of carbonyl (C=O) groups is 2. The highest BCUT2D eigenvalue weighted by atomic mass is 19.4. The van der Waals surface area contributed by atoms with Crippen LogP contribution < -0.4 is 14.8 Å². The second-order valence-corrected chi connectivity index (χ2v) is 14.0. The number of amides is 2. The molecule has 1 N–H and O–H groups in total. The van der Waals surface area contributed by atoms with E-state index in [1.165, 1.54) is 7.11 Å². The molecule has 0 saturated carbocycles. The molecule has 1 unspecified atom stereocenters. The van der Waals surface area contributed by atoms with Crippen LogP contribution in [0.2, 0.25) is 0 Å². The minimum absolute atomic E-state index is 0.0563. The number of hydrogen-bond acceptors (Lipinski definition) is 10. The molecule has 3 aromatic rings. The summed E-state index contributed by atoms with van der Waals surface area (Å²) in [6.45, 7) is 10.6. The van der Waals surface area contributed by atoms with Crippen LogP contribution in [0.25, 0.3) is 10.9 Å². The number of nitro groups is 1. The van der Waals surface area contributed by atoms with E-state index in [2.05, 4.69) is 15.3 Å². The lowest BCUT2D eigenvalue weighted by molar-refractivity contribution is -0.385. The third kappa shape index (κ3) is 9.08. The van der Waals surface area contributed by atoms with Crippen molar-refractivity contribution in [2.24, 2.45) is 5.92 Å². The van der Waals surface area contributed by atoms with E-state index in [9.17, 15) is 32.9 Å². The van der Waals surface area contributed by atoms with Crippen LogP contribution in [0.4, 0.5) is 29.5 Å². The number of hydrogen-bond donors (Lipinski definition) is 1. The summed E-state index contributed by atoms with van der Waals surface area (Å²) < 4.78 is 58.2. The molecule has 2 aliphatic heterocycles. The van der Waals surface area contributed by atoms with E-state index in [1.807, 2.05) is 25.7 Å². The van der Waals surface area contributed by atoms with Crippen molar-refractivity contribution in [2.75, 3.05) is 38.6 Å². The lowest BCUT2D eigenvalue weighted by Gasteiger charge is -2.37. The molecule has 2 amide bonds. The van der Waals surface area contributed by atoms with Crippen molar-refractivity contribution in [3.05, 3.63) is 57.4 Å². The highest BCUT2D eigenvalue weighted by Crippen LogP contribution is 2.38. The second-order valence-electron chi connectivity index (χ2n) is 14.0. The predicted molar refractivity (Wildman–Crippen MR) is 182 cm³/mol. The topological polar surface area (TPSA) is 149 Å². The Morgan fingerprint density at radius 1 is 0.961 bits per heavy atom. The number of benzene rings is 2. The van der Waals surface area contributed by atoms with Crippen LogP contribution in [-0.4, -0.2) is 81.7 Å². The van der Waals surface area contributed by atoms with Crippen molar-refractivity contribution < 1.29 is 41.9 Å². The number of aryl methyl sites for hydroxylation is 1. The zero-order chi connectivity index (χ0) is 37.2. The van der Waals surface area contributed by atoms with E-state index in [1.54, 1.807) is 30.9 Å². The molecule has 2 fully saturated rings. The summed E-state index contributed by atoms with van der Waals surface area (Å²) in [6.07, 6.45) is -3.08. The molecular formula is C35H43F3N6O7. The van der Waals surface area contributed by atoms with Crippen molar-refractivity contribution in [1.29, 1.82) is 0 Å². The summed E-state index contributed by atoms with van der Waals surface area (Å²) in [6, 6.07) is 5.07. The maximum absolute atomic E-state index is 13.6. The van der Waals surface area contributed by atoms with Gasteiger partial charge < -0.3 is 29.3 Å². The van der Waals surface area contributed by atoms with Gasteiger partial charge >= 0.3 is 12.3 Å². The van der Waals surface area contributed by atoms with Gasteiger partial charge in [-0.2, -0.15) is 13.2 Å². The van der Waals surface area contributed by atoms with E-state index >= 15 is 0 Å². The van der Waals surface area contributed by atoms with E-state index in [-0.39, 0.29) is 29.6 Å². The Bertz CT molecular complexity index is 1780. The number of ether oxygens (including phenoxy) is 3. The van der Waals surface area contributed by atoms with Gasteiger partial charge in [0, 0.05) is 68.5 Å². The number of piperidine rings is 2. The first-order valence-corrected chi connectivity index (χ1v) is 16.8. The van der Waals surface area contributed by atoms with Crippen molar-refractivity contribution in [1.82, 2.24) is 19.8 Å². The smallest absolute Gasteiger partial charge is 0.416 e. The molecule has 2 saturated heterocycles. The first-order chi connectivity index (χ1) is 23.9. The molecule has 2 aromatic carbocycles. The average molecular weight is 717 g/mol. The molecule has 13 nitrogen and oxygen atoms in total. The van der Waals surface area contributed by atoms with Gasteiger partial charge in [0.05, 0.1) is 29.2 Å². The number of alkyl halides is 3. The molecule has 5 rings (SSSR count). The average Bonchev–Trinajstić information content (AvgIpc) is 3.07. The van der Waals surface area contributed by atoms with Gasteiger partial charge in [0.25, 0.3) is 5.69 Å². The van der Waals surface area contributed by atoms with Crippen LogP contribution in [0.3, 0.4) is 0 Å². The van der Waals surface area contributed by atoms with Crippen molar-refractivity contribution >= 4 is 34.4 Å². The largest absolute Gasteiger partial charge is 0.493 e. The number of halogens is 3. The standard InChI is InChI=1S/C35H43F3N6O7/c1-20(23-15-24(35(36,37)38)17-25(16-23)44(47)48)39-31-27-18-30(29(49-6)19-28(27)40-21(2)41-31)50-26-9-13-42(14-10-26)32(45)22-7-11-43(12-8-22)33(46)51-34(3,4)5/h15-20,22,26H,7-14H2,1-6H3,(H,39,40,41). The molecule has 0 spiro atoms. The molecule has 0 bridgehead atoms. The fraction of sp³-hybridized carbons (Fsp3) is 0.543. The number of nitro benzene ring substituents is 1. The Balaban J connectivity index is 1.27. The minimum atomic E-state index is -4.77. The fourth-order valence-corrected chi connectivity index (χ4v) is 6.32. The highest BCUT2D eigenvalue weighted by Gasteiger charge is 2.35. The minimum Gasteiger partial charge on any atom is -0.493 e. The summed E-state index contributed by atoms with van der Waals surface area (Å²) in [5.41, 5.74) is -1.83. The molecule has 51 heavy (non-hydrogen) atoms. The van der Waals surface area contributed by atoms with E-state index in [0.717, 1.165) is 12.1 Å². The third-order valence-corrected chi connectivity index (χ3v) is 8.97. The number of aromatic nitrogens is 2. The first-order valence-electron chi connectivity index (χ1n) is 16.8. The van der Waals surface area contributed by atoms with Crippen LogP contribution in [0, 0.1) is 23.0 Å². The Hall–Kier alpha value is -4.89. The summed E-state index contributed by atoms with van der Waals surface area (Å²) in [4.78, 5) is 48.9. The van der Waals surface area contributed by atoms with Crippen molar-refractivity contribution in [3.8, 4) is 11.5 Å². The van der Waals surface area contributed by atoms with Gasteiger partial charge in [-0.15, -0.1) is 0 Å². The summed E-state index contributed by atoms with van der Waals surface area (Å²) in [5.74, 6) is 1.42. The monoisotopic (exact) mass is 716 g/mol. The zero-order valence-corrected chi connectivity index (χ0v) is 29.5. The molecule has 0 aliphatic carbocycles. The third-order valence-electron chi connectivity index (χ3n) is 8.97. The van der Waals surface area contributed by atoms with E-state index < -0.39 is 34.0 Å². The van der Waals surface area contributed by atoms with Crippen LogP contribution >= 0.6 is 0 Å². The summed E-state index contributed by atoms with van der Waals surface area (Å²) in [5, 5.41) is 15.0. The molecule has 1 aromatic heterocycles. The molecule has 276 valence electrons. The molecule has 2 aliphatic rings. The fourth-order valence-electron chi connectivity index (χ4n) is 6.32. The second kappa shape index (κ2) is 14.8. The van der Waals surface area contributed by atoms with E-state index in [4.69, 9.17) is 14.2 Å². The number of non-ortho nitro benzene ring substituents is 1. The number of nitrogens with zero attached hydrogens (tertiary/aromatic N) is 5. The number of nitrogens with one attached hydrogen (secondary N) is 1. The molecular weight excluding hydrogens is 673 g/mol. The maximum atomic E-state index is 13.6. The van der Waals surface area contributed by atoms with Gasteiger partial charge in [0.15, 0.2) is 11.5 Å². The zero-order valence-electron chi connectivity index (χ0n) is 29.5. The summed E-state index contributed by atoms with van der Waals surface area (Å²) in [7, 11) is 1.50. The molecule has 3 heterocycles. The van der Waals surface area contributed by atoms with Crippen molar-refractivity contribution in [3.63, 3.8) is 0 Å². The SMILES string of the molecule is COc1cc2nc(C)nc(NC(C)c3cc([N+](=O)[O-])cc(C(F)(F)F)c3)c2cc1OC1CCN(C(=O)C2CCN(C(=O)OC(C)(C)C)CC2)CC1. The van der Waals surface area contributed by atoms with Crippen LogP contribution in [0.1, 0.15) is 76.4 Å². The van der Waals surface area contributed by atoms with Crippen LogP contribution in [0.15, 0.2) is 30.3 Å². The van der Waals surface area contributed by atoms with Gasteiger partial charge in [0.1, 0.15) is 23.3 Å². The molecule has 1 atom stereocenters. The summed E-state index contributed by atoms with van der Waals surface area (Å²) >= 11 is 0. The highest BCUT2D eigenvalue weighted by molar-refractivity contribution is 5.92. The lowest BCUT2D eigenvalue weighted by atomic mass is 9.94. The molecule has 16 heteroatoms. The van der Waals surface area contributed by atoms with Gasteiger partial charge in [0.2, 0.25) is 5.91 Å². The normalized spacial score (nSPS) is 16.9. The predicted octanol–water partition coefficient (Wildman–Crippen LogP) is 7.06. The molecule has 0 radical (unpaired) electrons. The Morgan fingerprint density at radius 3 is 2.20 bits per heavy atom. The van der Waals surface area contributed by atoms with Gasteiger partial charge in [-0.05, 0) is 65.2 Å². The number of likely N-dealkylation sites (tertiary alicyclic amines) is 2.